The monoisotopic (exact) mass is 290 g/mol. The van der Waals surface area contributed by atoms with Crippen molar-refractivity contribution in [1.29, 1.82) is 0 Å². The number of benzene rings is 1. The van der Waals surface area contributed by atoms with Crippen molar-refractivity contribution in [3.8, 4) is 0 Å². The summed E-state index contributed by atoms with van der Waals surface area (Å²) in [5.41, 5.74) is 2.03. The van der Waals surface area contributed by atoms with Gasteiger partial charge in [0.05, 0.1) is 10.9 Å². The highest BCUT2D eigenvalue weighted by Gasteiger charge is 2.36. The van der Waals surface area contributed by atoms with Gasteiger partial charge in [0.15, 0.2) is 0 Å². The summed E-state index contributed by atoms with van der Waals surface area (Å²) in [5.74, 6) is 0. The smallest absolute Gasteiger partial charge is 0.243 e. The number of aromatic nitrogens is 1. The summed E-state index contributed by atoms with van der Waals surface area (Å²) in [6, 6.07) is 10.8. The molecular weight excluding hydrogens is 272 g/mol. The van der Waals surface area contributed by atoms with Crippen LogP contribution in [0.4, 0.5) is 0 Å². The van der Waals surface area contributed by atoms with Gasteiger partial charge in [-0.15, -0.1) is 0 Å². The molecule has 1 aliphatic heterocycles. The average molecular weight is 290 g/mol. The number of aryl methyl sites for hydroxylation is 1. The number of H-pyrrole nitrogens is 1. The van der Waals surface area contributed by atoms with Crippen LogP contribution in [-0.4, -0.2) is 24.3 Å². The summed E-state index contributed by atoms with van der Waals surface area (Å²) in [5, 5.41) is 0. The molecule has 0 amide bonds. The Balaban J connectivity index is 1.96. The first-order valence-electron chi connectivity index (χ1n) is 6.81. The number of nitrogens with zero attached hydrogens (tertiary/aromatic N) is 1. The first-order chi connectivity index (χ1) is 9.59. The van der Waals surface area contributed by atoms with E-state index in [0.717, 1.165) is 24.1 Å². The van der Waals surface area contributed by atoms with Crippen molar-refractivity contribution in [1.82, 2.24) is 9.29 Å². The summed E-state index contributed by atoms with van der Waals surface area (Å²) in [6.07, 6.45) is 3.60. The predicted octanol–water partition coefficient (Wildman–Crippen LogP) is 2.85. The van der Waals surface area contributed by atoms with Crippen LogP contribution in [0.5, 0.6) is 0 Å². The maximum absolute atomic E-state index is 12.8. The topological polar surface area (TPSA) is 53.2 Å². The van der Waals surface area contributed by atoms with Gasteiger partial charge in [-0.1, -0.05) is 17.7 Å². The van der Waals surface area contributed by atoms with Gasteiger partial charge in [0.25, 0.3) is 0 Å². The van der Waals surface area contributed by atoms with Gasteiger partial charge in [-0.2, -0.15) is 4.31 Å². The Morgan fingerprint density at radius 3 is 2.60 bits per heavy atom. The van der Waals surface area contributed by atoms with E-state index in [2.05, 4.69) is 4.98 Å². The van der Waals surface area contributed by atoms with Crippen LogP contribution >= 0.6 is 0 Å². The van der Waals surface area contributed by atoms with E-state index in [1.165, 1.54) is 0 Å². The normalized spacial score (nSPS) is 20.4. The number of nitrogens with one attached hydrogen (secondary N) is 1. The van der Waals surface area contributed by atoms with E-state index in [-0.39, 0.29) is 6.04 Å². The minimum atomic E-state index is -3.42. The zero-order valence-electron chi connectivity index (χ0n) is 11.4. The van der Waals surface area contributed by atoms with Gasteiger partial charge in [-0.25, -0.2) is 8.42 Å². The SMILES string of the molecule is Cc1ccc(S(=O)(=O)N2CCCC2c2ccc[nH]2)cc1. The zero-order chi connectivity index (χ0) is 14.2. The van der Waals surface area contributed by atoms with Gasteiger partial charge in [-0.05, 0) is 44.0 Å². The van der Waals surface area contributed by atoms with Crippen molar-refractivity contribution in [2.24, 2.45) is 0 Å². The molecule has 2 aromatic rings. The third-order valence-electron chi connectivity index (χ3n) is 3.81. The number of rotatable bonds is 3. The lowest BCUT2D eigenvalue weighted by Gasteiger charge is -2.23. The predicted molar refractivity (Wildman–Crippen MR) is 77.8 cm³/mol. The van der Waals surface area contributed by atoms with E-state index < -0.39 is 10.0 Å². The molecule has 1 unspecified atom stereocenters. The lowest BCUT2D eigenvalue weighted by molar-refractivity contribution is 0.391. The summed E-state index contributed by atoms with van der Waals surface area (Å²) >= 11 is 0. The van der Waals surface area contributed by atoms with Crippen LogP contribution in [-0.2, 0) is 10.0 Å². The second-order valence-electron chi connectivity index (χ2n) is 5.21. The molecule has 106 valence electrons. The Labute approximate surface area is 119 Å². The second kappa shape index (κ2) is 5.07. The number of hydrogen-bond donors (Lipinski definition) is 1. The quantitative estimate of drug-likeness (QED) is 0.945. The first kappa shape index (κ1) is 13.4. The third kappa shape index (κ3) is 2.27. The molecule has 1 aliphatic rings. The molecule has 0 aliphatic carbocycles. The molecule has 1 aromatic carbocycles. The molecule has 1 saturated heterocycles. The molecule has 3 rings (SSSR count). The van der Waals surface area contributed by atoms with Crippen molar-refractivity contribution < 1.29 is 8.42 Å². The van der Waals surface area contributed by atoms with E-state index >= 15 is 0 Å². The van der Waals surface area contributed by atoms with Crippen molar-refractivity contribution in [2.75, 3.05) is 6.54 Å². The third-order valence-corrected chi connectivity index (χ3v) is 5.73. The minimum Gasteiger partial charge on any atom is -0.364 e. The van der Waals surface area contributed by atoms with Crippen LogP contribution < -0.4 is 0 Å². The largest absolute Gasteiger partial charge is 0.364 e. The molecule has 20 heavy (non-hydrogen) atoms. The zero-order valence-corrected chi connectivity index (χ0v) is 12.2. The molecule has 5 heteroatoms. The molecule has 1 atom stereocenters. The molecule has 1 fully saturated rings. The highest BCUT2D eigenvalue weighted by atomic mass is 32.2. The Morgan fingerprint density at radius 2 is 1.95 bits per heavy atom. The maximum atomic E-state index is 12.8. The maximum Gasteiger partial charge on any atom is 0.243 e. The van der Waals surface area contributed by atoms with Crippen LogP contribution in [0.3, 0.4) is 0 Å². The van der Waals surface area contributed by atoms with Crippen molar-refractivity contribution in [3.63, 3.8) is 0 Å². The van der Waals surface area contributed by atoms with Crippen molar-refractivity contribution in [3.05, 3.63) is 53.9 Å². The molecule has 0 bridgehead atoms. The molecule has 0 spiro atoms. The van der Waals surface area contributed by atoms with Crippen LogP contribution in [0.25, 0.3) is 0 Å². The van der Waals surface area contributed by atoms with Gasteiger partial charge in [0.1, 0.15) is 0 Å². The second-order valence-corrected chi connectivity index (χ2v) is 7.10. The molecular formula is C15H18N2O2S. The van der Waals surface area contributed by atoms with E-state index in [0.29, 0.717) is 11.4 Å². The molecule has 2 heterocycles. The Morgan fingerprint density at radius 1 is 1.20 bits per heavy atom. The Hall–Kier alpha value is -1.59. The highest BCUT2D eigenvalue weighted by molar-refractivity contribution is 7.89. The van der Waals surface area contributed by atoms with E-state index in [1.54, 1.807) is 16.4 Å². The van der Waals surface area contributed by atoms with Gasteiger partial charge in [0, 0.05) is 18.4 Å². The Bertz CT molecular complexity index is 675. The van der Waals surface area contributed by atoms with Crippen molar-refractivity contribution >= 4 is 10.0 Å². The van der Waals surface area contributed by atoms with Crippen LogP contribution in [0.2, 0.25) is 0 Å². The number of sulfonamides is 1. The van der Waals surface area contributed by atoms with E-state index in [4.69, 9.17) is 0 Å². The molecule has 0 radical (unpaired) electrons. The van der Waals surface area contributed by atoms with Gasteiger partial charge in [0.2, 0.25) is 10.0 Å². The molecule has 1 aromatic heterocycles. The fourth-order valence-corrected chi connectivity index (χ4v) is 4.41. The highest BCUT2D eigenvalue weighted by Crippen LogP contribution is 2.35. The lowest BCUT2D eigenvalue weighted by Crippen LogP contribution is -2.30. The van der Waals surface area contributed by atoms with Gasteiger partial charge < -0.3 is 4.98 Å². The molecule has 1 N–H and O–H groups in total. The van der Waals surface area contributed by atoms with Crippen molar-refractivity contribution in [2.45, 2.75) is 30.7 Å². The lowest BCUT2D eigenvalue weighted by atomic mass is 10.2. The average Bonchev–Trinajstić information content (AvgIpc) is 3.10. The fraction of sp³-hybridized carbons (Fsp3) is 0.333. The molecule has 4 nitrogen and oxygen atoms in total. The van der Waals surface area contributed by atoms with E-state index in [9.17, 15) is 8.42 Å². The van der Waals surface area contributed by atoms with Gasteiger partial charge >= 0.3 is 0 Å². The standard InChI is InChI=1S/C15H18N2O2S/c1-12-6-8-13(9-7-12)20(18,19)17-11-3-5-15(17)14-4-2-10-16-14/h2,4,6-10,15-16H,3,5,11H2,1H3. The van der Waals surface area contributed by atoms with Crippen LogP contribution in [0.15, 0.2) is 47.5 Å². The number of aromatic amines is 1. The number of hydrogen-bond acceptors (Lipinski definition) is 2. The fourth-order valence-electron chi connectivity index (χ4n) is 2.74. The first-order valence-corrected chi connectivity index (χ1v) is 8.25. The Kier molecular flexibility index (Phi) is 3.40. The summed E-state index contributed by atoms with van der Waals surface area (Å²) in [4.78, 5) is 3.51. The summed E-state index contributed by atoms with van der Waals surface area (Å²) in [6.45, 7) is 2.54. The molecule has 0 saturated carbocycles. The van der Waals surface area contributed by atoms with Gasteiger partial charge in [-0.3, -0.25) is 0 Å². The van der Waals surface area contributed by atoms with E-state index in [1.807, 2.05) is 37.4 Å². The van der Waals surface area contributed by atoms with Crippen LogP contribution in [0.1, 0.15) is 30.1 Å². The summed E-state index contributed by atoms with van der Waals surface area (Å²) < 4.78 is 27.1. The minimum absolute atomic E-state index is 0.0729. The summed E-state index contributed by atoms with van der Waals surface area (Å²) in [7, 11) is -3.42. The van der Waals surface area contributed by atoms with Crippen LogP contribution in [0, 0.1) is 6.92 Å².